The summed E-state index contributed by atoms with van der Waals surface area (Å²) < 4.78 is 0. The highest BCUT2D eigenvalue weighted by Crippen LogP contribution is 2.16. The fourth-order valence-electron chi connectivity index (χ4n) is 1.50. The summed E-state index contributed by atoms with van der Waals surface area (Å²) >= 11 is 0. The first-order chi connectivity index (χ1) is 6.25. The molecule has 13 heavy (non-hydrogen) atoms. The van der Waals surface area contributed by atoms with Crippen LogP contribution in [0.5, 0.6) is 0 Å². The van der Waals surface area contributed by atoms with Gasteiger partial charge in [0.2, 0.25) is 0 Å². The molecule has 0 unspecified atom stereocenters. The molecule has 1 aliphatic rings. The van der Waals surface area contributed by atoms with Crippen molar-refractivity contribution >= 4 is 11.9 Å². The van der Waals surface area contributed by atoms with Crippen LogP contribution in [0.4, 0.5) is 0 Å². The first-order valence-corrected chi connectivity index (χ1v) is 4.34. The maximum atomic E-state index is 5.70. The van der Waals surface area contributed by atoms with Crippen LogP contribution in [-0.4, -0.2) is 5.84 Å². The number of hydrogen-bond acceptors (Lipinski definition) is 2. The number of benzene rings is 1. The average molecular weight is 172 g/mol. The van der Waals surface area contributed by atoms with E-state index in [-0.39, 0.29) is 0 Å². The van der Waals surface area contributed by atoms with Crippen LogP contribution < -0.4 is 5.73 Å². The van der Waals surface area contributed by atoms with Crippen molar-refractivity contribution in [1.29, 1.82) is 0 Å². The molecule has 2 nitrogen and oxygen atoms in total. The molecule has 1 aromatic carbocycles. The lowest BCUT2D eigenvalue weighted by molar-refractivity contribution is 1.26. The molecule has 0 fully saturated rings. The molecule has 0 saturated heterocycles. The van der Waals surface area contributed by atoms with Crippen molar-refractivity contribution in [1.82, 2.24) is 0 Å². The summed E-state index contributed by atoms with van der Waals surface area (Å²) in [6.07, 6.45) is 4.51. The third-order valence-electron chi connectivity index (χ3n) is 2.16. The van der Waals surface area contributed by atoms with E-state index in [2.05, 4.69) is 30.1 Å². The van der Waals surface area contributed by atoms with Crippen LogP contribution in [0.2, 0.25) is 0 Å². The Kier molecular flexibility index (Phi) is 1.89. The van der Waals surface area contributed by atoms with Crippen LogP contribution in [0.15, 0.2) is 29.4 Å². The Labute approximate surface area is 77.8 Å². The van der Waals surface area contributed by atoms with Gasteiger partial charge in [-0.05, 0) is 24.1 Å². The van der Waals surface area contributed by atoms with Crippen molar-refractivity contribution in [2.75, 3.05) is 0 Å². The summed E-state index contributed by atoms with van der Waals surface area (Å²) in [5.41, 5.74) is 9.44. The lowest BCUT2D eigenvalue weighted by atomic mass is 10.0. The molecule has 1 aliphatic heterocycles. The van der Waals surface area contributed by atoms with Crippen molar-refractivity contribution in [2.24, 2.45) is 10.7 Å². The Bertz CT molecular complexity index is 389. The largest absolute Gasteiger partial charge is 0.387 e. The molecule has 1 aromatic rings. The SMILES string of the molecule is Cc1ccc2c(c1)CC(N)=NC=C2. The highest BCUT2D eigenvalue weighted by molar-refractivity contribution is 5.85. The number of aliphatic imine (C=N–C) groups is 1. The minimum absolute atomic E-state index is 0.681. The fourth-order valence-corrected chi connectivity index (χ4v) is 1.50. The van der Waals surface area contributed by atoms with E-state index in [4.69, 9.17) is 5.73 Å². The Balaban J connectivity index is 2.51. The molecule has 1 heterocycles. The van der Waals surface area contributed by atoms with E-state index in [1.165, 1.54) is 16.7 Å². The van der Waals surface area contributed by atoms with Crippen molar-refractivity contribution in [2.45, 2.75) is 13.3 Å². The molecule has 0 amide bonds. The molecule has 0 spiro atoms. The van der Waals surface area contributed by atoms with Crippen LogP contribution in [0.3, 0.4) is 0 Å². The van der Waals surface area contributed by atoms with E-state index in [0.29, 0.717) is 5.84 Å². The van der Waals surface area contributed by atoms with Crippen LogP contribution in [0.25, 0.3) is 6.08 Å². The third kappa shape index (κ3) is 1.61. The number of hydrogen-bond donors (Lipinski definition) is 1. The molecule has 2 heteroatoms. The standard InChI is InChI=1S/C11H12N2/c1-8-2-3-9-4-5-13-11(12)7-10(9)6-8/h2-6H,7H2,1H3,(H2,12,13). The maximum absolute atomic E-state index is 5.70. The van der Waals surface area contributed by atoms with Gasteiger partial charge in [0.05, 0.1) is 0 Å². The highest BCUT2D eigenvalue weighted by atomic mass is 14.8. The van der Waals surface area contributed by atoms with E-state index in [9.17, 15) is 0 Å². The van der Waals surface area contributed by atoms with E-state index >= 15 is 0 Å². The molecular weight excluding hydrogens is 160 g/mol. The highest BCUT2D eigenvalue weighted by Gasteiger charge is 2.04. The van der Waals surface area contributed by atoms with Crippen LogP contribution in [-0.2, 0) is 6.42 Å². The smallest absolute Gasteiger partial charge is 0.103 e. The number of aryl methyl sites for hydroxylation is 1. The number of rotatable bonds is 0. The normalized spacial score (nSPS) is 14.7. The van der Waals surface area contributed by atoms with Gasteiger partial charge in [-0.2, -0.15) is 0 Å². The Morgan fingerprint density at radius 2 is 2.23 bits per heavy atom. The number of fused-ring (bicyclic) bond motifs is 1. The summed E-state index contributed by atoms with van der Waals surface area (Å²) in [5.74, 6) is 0.681. The maximum Gasteiger partial charge on any atom is 0.103 e. The zero-order valence-corrected chi connectivity index (χ0v) is 7.62. The third-order valence-corrected chi connectivity index (χ3v) is 2.16. The van der Waals surface area contributed by atoms with Crippen LogP contribution in [0.1, 0.15) is 16.7 Å². The minimum atomic E-state index is 0.681. The lowest BCUT2D eigenvalue weighted by Crippen LogP contribution is -2.14. The monoisotopic (exact) mass is 172 g/mol. The molecule has 0 bridgehead atoms. The average Bonchev–Trinajstić information content (AvgIpc) is 2.25. The fraction of sp³-hybridized carbons (Fsp3) is 0.182. The first-order valence-electron chi connectivity index (χ1n) is 4.34. The second kappa shape index (κ2) is 3.05. The van der Waals surface area contributed by atoms with Crippen LogP contribution >= 0.6 is 0 Å². The van der Waals surface area contributed by atoms with E-state index < -0.39 is 0 Å². The molecule has 66 valence electrons. The zero-order valence-electron chi connectivity index (χ0n) is 7.62. The summed E-state index contributed by atoms with van der Waals surface area (Å²) in [7, 11) is 0. The van der Waals surface area contributed by atoms with E-state index in [1.807, 2.05) is 6.08 Å². The van der Waals surface area contributed by atoms with Crippen molar-refractivity contribution in [3.05, 3.63) is 41.1 Å². The van der Waals surface area contributed by atoms with Gasteiger partial charge >= 0.3 is 0 Å². The molecule has 0 aromatic heterocycles. The van der Waals surface area contributed by atoms with Gasteiger partial charge in [-0.25, -0.2) is 4.99 Å². The summed E-state index contributed by atoms with van der Waals surface area (Å²) in [4.78, 5) is 4.08. The number of nitrogens with two attached hydrogens (primary N) is 1. The number of nitrogens with zero attached hydrogens (tertiary/aromatic N) is 1. The van der Waals surface area contributed by atoms with Crippen molar-refractivity contribution < 1.29 is 0 Å². The van der Waals surface area contributed by atoms with Gasteiger partial charge in [0.1, 0.15) is 5.84 Å². The minimum Gasteiger partial charge on any atom is -0.387 e. The summed E-state index contributed by atoms with van der Waals surface area (Å²) in [6, 6.07) is 6.37. The van der Waals surface area contributed by atoms with Gasteiger partial charge < -0.3 is 5.73 Å². The van der Waals surface area contributed by atoms with Gasteiger partial charge in [-0.1, -0.05) is 23.8 Å². The van der Waals surface area contributed by atoms with E-state index in [0.717, 1.165) is 6.42 Å². The predicted molar refractivity (Wildman–Crippen MR) is 55.5 cm³/mol. The molecule has 0 atom stereocenters. The van der Waals surface area contributed by atoms with Crippen molar-refractivity contribution in [3.8, 4) is 0 Å². The zero-order chi connectivity index (χ0) is 9.26. The van der Waals surface area contributed by atoms with Gasteiger partial charge in [0.25, 0.3) is 0 Å². The van der Waals surface area contributed by atoms with Crippen molar-refractivity contribution in [3.63, 3.8) is 0 Å². The van der Waals surface area contributed by atoms with Crippen LogP contribution in [0, 0.1) is 6.92 Å². The van der Waals surface area contributed by atoms with Gasteiger partial charge in [-0.15, -0.1) is 0 Å². The lowest BCUT2D eigenvalue weighted by Gasteiger charge is -2.04. The van der Waals surface area contributed by atoms with Gasteiger partial charge in [0, 0.05) is 12.6 Å². The molecular formula is C11H12N2. The Hall–Kier alpha value is -1.57. The predicted octanol–water partition coefficient (Wildman–Crippen LogP) is 1.88. The van der Waals surface area contributed by atoms with E-state index in [1.54, 1.807) is 6.20 Å². The molecule has 2 N–H and O–H groups in total. The Morgan fingerprint density at radius 1 is 1.38 bits per heavy atom. The summed E-state index contributed by atoms with van der Waals surface area (Å²) in [6.45, 7) is 2.09. The topological polar surface area (TPSA) is 38.4 Å². The van der Waals surface area contributed by atoms with Gasteiger partial charge in [-0.3, -0.25) is 0 Å². The van der Waals surface area contributed by atoms with Gasteiger partial charge in [0.15, 0.2) is 0 Å². The Morgan fingerprint density at radius 3 is 3.08 bits per heavy atom. The number of amidine groups is 1. The molecule has 0 saturated carbocycles. The molecule has 2 rings (SSSR count). The quantitative estimate of drug-likeness (QED) is 0.637. The second-order valence-electron chi connectivity index (χ2n) is 3.32. The molecule has 0 aliphatic carbocycles. The first kappa shape index (κ1) is 8.05. The second-order valence-corrected chi connectivity index (χ2v) is 3.32. The summed E-state index contributed by atoms with van der Waals surface area (Å²) in [5, 5.41) is 0. The molecule has 0 radical (unpaired) electrons.